The molecule has 3 atom stereocenters. The van der Waals surface area contributed by atoms with Gasteiger partial charge in [-0.15, -0.1) is 0 Å². The summed E-state index contributed by atoms with van der Waals surface area (Å²) < 4.78 is 56.3. The van der Waals surface area contributed by atoms with Crippen molar-refractivity contribution in [1.82, 2.24) is 20.3 Å². The molecular weight excluding hydrogens is 547 g/mol. The average Bonchev–Trinajstić information content (AvgIpc) is 3.25. The zero-order valence-corrected chi connectivity index (χ0v) is 23.1. The summed E-state index contributed by atoms with van der Waals surface area (Å²) in [4.78, 5) is 42.5. The zero-order valence-electron chi connectivity index (χ0n) is 23.1. The topological polar surface area (TPSA) is 131 Å². The number of aromatic nitrogens is 3. The van der Waals surface area contributed by atoms with E-state index in [9.17, 15) is 22.8 Å². The van der Waals surface area contributed by atoms with Gasteiger partial charge in [0.15, 0.2) is 11.6 Å². The molecule has 2 bridgehead atoms. The zero-order chi connectivity index (χ0) is 29.5. The number of halogens is 3. The van der Waals surface area contributed by atoms with Crippen molar-refractivity contribution in [2.24, 2.45) is 0 Å². The fourth-order valence-corrected chi connectivity index (χ4v) is 5.11. The number of urea groups is 1. The van der Waals surface area contributed by atoms with Crippen LogP contribution in [-0.4, -0.2) is 83.3 Å². The second-order valence-electron chi connectivity index (χ2n) is 10.7. The molecule has 3 aliphatic heterocycles. The molecule has 0 radical (unpaired) electrons. The second kappa shape index (κ2) is 10.9. The van der Waals surface area contributed by atoms with Gasteiger partial charge >= 0.3 is 12.2 Å². The number of rotatable bonds is 6. The van der Waals surface area contributed by atoms with Crippen LogP contribution < -0.4 is 25.2 Å². The van der Waals surface area contributed by atoms with Gasteiger partial charge in [-0.05, 0) is 46.6 Å². The van der Waals surface area contributed by atoms with Gasteiger partial charge in [0.25, 0.3) is 5.91 Å². The summed E-state index contributed by atoms with van der Waals surface area (Å²) in [6.07, 6.45) is -1.90. The normalized spacial score (nSPS) is 22.1. The van der Waals surface area contributed by atoms with E-state index in [0.717, 1.165) is 13.3 Å². The molecule has 2 aromatic rings. The highest BCUT2D eigenvalue weighted by molar-refractivity contribution is 6.04. The number of anilines is 3. The number of piperidine rings is 1. The van der Waals surface area contributed by atoms with Crippen molar-refractivity contribution in [3.8, 4) is 5.75 Å². The van der Waals surface area contributed by atoms with Crippen molar-refractivity contribution < 1.29 is 37.0 Å². The van der Waals surface area contributed by atoms with E-state index in [4.69, 9.17) is 14.2 Å². The molecule has 0 aliphatic carbocycles. The van der Waals surface area contributed by atoms with Crippen LogP contribution in [0.25, 0.3) is 0 Å². The van der Waals surface area contributed by atoms with Crippen LogP contribution in [0, 0.1) is 6.92 Å². The number of fused-ring (bicyclic) bond motifs is 4. The van der Waals surface area contributed by atoms with E-state index in [-0.39, 0.29) is 30.4 Å². The quantitative estimate of drug-likeness (QED) is 0.529. The number of pyridine rings is 1. The molecule has 2 fully saturated rings. The molecule has 41 heavy (non-hydrogen) atoms. The molecule has 2 saturated heterocycles. The Bertz CT molecular complexity index is 1320. The van der Waals surface area contributed by atoms with Gasteiger partial charge in [-0.2, -0.15) is 13.2 Å². The van der Waals surface area contributed by atoms with Gasteiger partial charge in [-0.1, -0.05) is 0 Å². The fraction of sp³-hybridized carbons (Fsp3) is 0.577. The SMILES string of the molecule is Cc1nc(C(=O)NC(C)C(F)(F)F)nc2c1N1CCC[C@@H](C1)N2C(=O)Nc1cc(OC[C@H]2COC(C)(C)O2)ccn1. The summed E-state index contributed by atoms with van der Waals surface area (Å²) in [5.74, 6) is -1.38. The van der Waals surface area contributed by atoms with E-state index in [2.05, 4.69) is 20.3 Å². The van der Waals surface area contributed by atoms with Crippen LogP contribution in [0.2, 0.25) is 0 Å². The lowest BCUT2D eigenvalue weighted by Gasteiger charge is -2.46. The molecule has 222 valence electrons. The Kier molecular flexibility index (Phi) is 7.68. The van der Waals surface area contributed by atoms with E-state index in [0.29, 0.717) is 43.2 Å². The molecule has 2 aromatic heterocycles. The summed E-state index contributed by atoms with van der Waals surface area (Å²) in [7, 11) is 0. The van der Waals surface area contributed by atoms with Gasteiger partial charge in [0.05, 0.1) is 18.3 Å². The molecule has 3 aliphatic rings. The fourth-order valence-electron chi connectivity index (χ4n) is 5.11. The highest BCUT2D eigenvalue weighted by Gasteiger charge is 2.41. The standard InChI is InChI=1S/C26H32F3N7O5/c1-14-20-22(34-21(31-14)23(37)32-15(2)26(27,28)29)36(16-6-5-9-35(20)11-16)24(38)33-19-10-17(7-8-30-19)39-12-18-13-40-25(3,4)41-18/h7-8,10,15-16,18H,5-6,9,11-13H2,1-4H3,(H,32,37)(H,30,33,38)/t15?,16-,18-/m0/s1. The third-order valence-corrected chi connectivity index (χ3v) is 7.08. The summed E-state index contributed by atoms with van der Waals surface area (Å²) in [5, 5.41) is 4.65. The minimum atomic E-state index is -4.63. The number of nitrogens with one attached hydrogen (secondary N) is 2. The first-order valence-corrected chi connectivity index (χ1v) is 13.3. The molecule has 0 aromatic carbocycles. The van der Waals surface area contributed by atoms with Gasteiger partial charge in [0, 0.05) is 25.4 Å². The highest BCUT2D eigenvalue weighted by atomic mass is 19.4. The monoisotopic (exact) mass is 579 g/mol. The molecule has 0 saturated carbocycles. The number of alkyl halides is 3. The van der Waals surface area contributed by atoms with Crippen molar-refractivity contribution >= 4 is 29.3 Å². The lowest BCUT2D eigenvalue weighted by Crippen LogP contribution is -2.56. The van der Waals surface area contributed by atoms with Crippen LogP contribution in [0.15, 0.2) is 18.3 Å². The molecule has 5 rings (SSSR count). The van der Waals surface area contributed by atoms with Crippen molar-refractivity contribution in [3.05, 3.63) is 29.8 Å². The molecule has 2 N–H and O–H groups in total. The third kappa shape index (κ3) is 6.30. The van der Waals surface area contributed by atoms with Crippen LogP contribution in [0.3, 0.4) is 0 Å². The summed E-state index contributed by atoms with van der Waals surface area (Å²) in [5.41, 5.74) is 0.941. The van der Waals surface area contributed by atoms with Crippen LogP contribution in [0.5, 0.6) is 5.75 Å². The number of ether oxygens (including phenoxy) is 3. The molecule has 15 heteroatoms. The molecule has 3 amide bonds. The summed E-state index contributed by atoms with van der Waals surface area (Å²) in [6, 6.07) is 0.286. The first-order valence-electron chi connectivity index (χ1n) is 13.3. The van der Waals surface area contributed by atoms with Crippen LogP contribution in [-0.2, 0) is 9.47 Å². The van der Waals surface area contributed by atoms with Crippen molar-refractivity contribution in [2.45, 2.75) is 70.7 Å². The second-order valence-corrected chi connectivity index (χ2v) is 10.7. The molecular formula is C26H32F3N7O5. The van der Waals surface area contributed by atoms with E-state index < -0.39 is 35.8 Å². The lowest BCUT2D eigenvalue weighted by atomic mass is 9.99. The number of nitrogens with zero attached hydrogens (tertiary/aromatic N) is 5. The number of hydrogen-bond acceptors (Lipinski definition) is 9. The van der Waals surface area contributed by atoms with Crippen LogP contribution >= 0.6 is 0 Å². The Morgan fingerprint density at radius 2 is 2.07 bits per heavy atom. The Balaban J connectivity index is 1.36. The Morgan fingerprint density at radius 1 is 1.29 bits per heavy atom. The minimum absolute atomic E-state index is 0.157. The van der Waals surface area contributed by atoms with Crippen molar-refractivity contribution in [2.75, 3.05) is 41.4 Å². The number of aryl methyl sites for hydroxylation is 1. The average molecular weight is 580 g/mol. The number of hydrogen-bond donors (Lipinski definition) is 2. The first-order chi connectivity index (χ1) is 19.3. The molecule has 1 unspecified atom stereocenters. The molecule has 0 spiro atoms. The van der Waals surface area contributed by atoms with Crippen LogP contribution in [0.4, 0.5) is 35.3 Å². The number of carbonyl (C=O) groups is 2. The van der Waals surface area contributed by atoms with Crippen LogP contribution in [0.1, 0.15) is 49.9 Å². The summed E-state index contributed by atoms with van der Waals surface area (Å²) in [6.45, 7) is 7.98. The van der Waals surface area contributed by atoms with E-state index in [1.807, 2.05) is 24.1 Å². The van der Waals surface area contributed by atoms with E-state index >= 15 is 0 Å². The number of carbonyl (C=O) groups excluding carboxylic acids is 2. The Labute approximate surface area is 234 Å². The Morgan fingerprint density at radius 3 is 2.78 bits per heavy atom. The van der Waals surface area contributed by atoms with Crippen molar-refractivity contribution in [3.63, 3.8) is 0 Å². The highest BCUT2D eigenvalue weighted by Crippen LogP contribution is 2.40. The van der Waals surface area contributed by atoms with Gasteiger partial charge in [-0.25, -0.2) is 19.7 Å². The van der Waals surface area contributed by atoms with Gasteiger partial charge in [0.2, 0.25) is 5.82 Å². The molecule has 12 nitrogen and oxygen atoms in total. The predicted octanol–water partition coefficient (Wildman–Crippen LogP) is 3.41. The first kappa shape index (κ1) is 28.8. The minimum Gasteiger partial charge on any atom is -0.491 e. The predicted molar refractivity (Wildman–Crippen MR) is 141 cm³/mol. The largest absolute Gasteiger partial charge is 0.491 e. The van der Waals surface area contributed by atoms with Gasteiger partial charge < -0.3 is 24.4 Å². The maximum Gasteiger partial charge on any atom is 0.408 e. The smallest absolute Gasteiger partial charge is 0.408 e. The van der Waals surface area contributed by atoms with E-state index in [1.165, 1.54) is 11.1 Å². The third-order valence-electron chi connectivity index (χ3n) is 7.08. The van der Waals surface area contributed by atoms with Crippen molar-refractivity contribution in [1.29, 1.82) is 0 Å². The van der Waals surface area contributed by atoms with Gasteiger partial charge in [0.1, 0.15) is 36.0 Å². The maximum absolute atomic E-state index is 13.7. The lowest BCUT2D eigenvalue weighted by molar-refractivity contribution is -0.149. The van der Waals surface area contributed by atoms with Gasteiger partial charge in [-0.3, -0.25) is 15.0 Å². The molecule has 5 heterocycles. The van der Waals surface area contributed by atoms with E-state index in [1.54, 1.807) is 19.1 Å². The Hall–Kier alpha value is -3.72. The number of amides is 3. The summed E-state index contributed by atoms with van der Waals surface area (Å²) >= 11 is 0. The maximum atomic E-state index is 13.7.